The Morgan fingerprint density at radius 1 is 1.58 bits per heavy atom. The number of nitrogens with zero attached hydrogens (tertiary/aromatic N) is 1. The molecule has 0 aliphatic carbocycles. The third kappa shape index (κ3) is 3.70. The smallest absolute Gasteiger partial charge is 0.321 e. The van der Waals surface area contributed by atoms with Crippen molar-refractivity contribution in [2.75, 3.05) is 25.0 Å². The Morgan fingerprint density at radius 3 is 3.11 bits per heavy atom. The summed E-state index contributed by atoms with van der Waals surface area (Å²) in [5, 5.41) is 12.1. The molecule has 0 bridgehead atoms. The minimum absolute atomic E-state index is 0.0931. The number of halogens is 1. The molecule has 104 valence electrons. The second-order valence-corrected chi connectivity index (χ2v) is 5.90. The molecule has 1 aromatic carbocycles. The number of aryl methyl sites for hydroxylation is 1. The summed E-state index contributed by atoms with van der Waals surface area (Å²) >= 11 is 3.44. The quantitative estimate of drug-likeness (QED) is 0.877. The predicted octanol–water partition coefficient (Wildman–Crippen LogP) is 2.99. The first-order valence-electron chi connectivity index (χ1n) is 6.53. The van der Waals surface area contributed by atoms with Crippen molar-refractivity contribution in [3.63, 3.8) is 0 Å². The average Bonchev–Trinajstić information content (AvgIpc) is 2.43. The molecule has 5 heteroatoms. The Labute approximate surface area is 121 Å². The third-order valence-electron chi connectivity index (χ3n) is 3.43. The summed E-state index contributed by atoms with van der Waals surface area (Å²) in [6.07, 6.45) is 1.95. The molecule has 2 N–H and O–H groups in total. The van der Waals surface area contributed by atoms with Gasteiger partial charge in [-0.1, -0.05) is 6.07 Å². The standard InChI is InChI=1S/C14H19BrN2O2/c1-10-4-5-12(15)13(7-10)16-14(19)17-6-2-3-11(8-17)9-18/h4-5,7,11,18H,2-3,6,8-9H2,1H3,(H,16,19). The zero-order chi connectivity index (χ0) is 13.8. The van der Waals surface area contributed by atoms with Gasteiger partial charge in [0.15, 0.2) is 0 Å². The lowest BCUT2D eigenvalue weighted by molar-refractivity contribution is 0.136. The number of urea groups is 1. The van der Waals surface area contributed by atoms with Gasteiger partial charge in [-0.2, -0.15) is 0 Å². The number of aliphatic hydroxyl groups is 1. The predicted molar refractivity (Wildman–Crippen MR) is 79.3 cm³/mol. The Balaban J connectivity index is 2.02. The number of aliphatic hydroxyl groups excluding tert-OH is 1. The molecule has 0 saturated carbocycles. The first-order chi connectivity index (χ1) is 9.10. The third-order valence-corrected chi connectivity index (χ3v) is 4.12. The highest BCUT2D eigenvalue weighted by atomic mass is 79.9. The van der Waals surface area contributed by atoms with Crippen molar-refractivity contribution in [2.45, 2.75) is 19.8 Å². The van der Waals surface area contributed by atoms with E-state index in [0.717, 1.165) is 35.1 Å². The fourth-order valence-corrected chi connectivity index (χ4v) is 2.67. The molecule has 0 radical (unpaired) electrons. The monoisotopic (exact) mass is 326 g/mol. The van der Waals surface area contributed by atoms with E-state index >= 15 is 0 Å². The summed E-state index contributed by atoms with van der Waals surface area (Å²) in [6.45, 7) is 3.53. The zero-order valence-corrected chi connectivity index (χ0v) is 12.6. The first kappa shape index (κ1) is 14.3. The summed E-state index contributed by atoms with van der Waals surface area (Å²) < 4.78 is 0.877. The molecule has 2 amide bonds. The van der Waals surface area contributed by atoms with Crippen LogP contribution in [0.25, 0.3) is 0 Å². The number of likely N-dealkylation sites (tertiary alicyclic amines) is 1. The van der Waals surface area contributed by atoms with Crippen LogP contribution in [0.4, 0.5) is 10.5 Å². The number of anilines is 1. The number of hydrogen-bond donors (Lipinski definition) is 2. The molecule has 1 aromatic rings. The SMILES string of the molecule is Cc1ccc(Br)c(NC(=O)N2CCCC(CO)C2)c1. The van der Waals surface area contributed by atoms with Crippen LogP contribution in [0.1, 0.15) is 18.4 Å². The van der Waals surface area contributed by atoms with Crippen molar-refractivity contribution in [3.05, 3.63) is 28.2 Å². The van der Waals surface area contributed by atoms with Gasteiger partial charge in [-0.25, -0.2) is 4.79 Å². The highest BCUT2D eigenvalue weighted by Gasteiger charge is 2.23. The molecule has 1 unspecified atom stereocenters. The lowest BCUT2D eigenvalue weighted by Gasteiger charge is -2.32. The molecule has 2 rings (SSSR count). The normalized spacial score (nSPS) is 19.3. The van der Waals surface area contributed by atoms with E-state index in [-0.39, 0.29) is 18.6 Å². The van der Waals surface area contributed by atoms with Crippen LogP contribution >= 0.6 is 15.9 Å². The Bertz CT molecular complexity index is 465. The maximum Gasteiger partial charge on any atom is 0.321 e. The van der Waals surface area contributed by atoms with Crippen molar-refractivity contribution in [2.24, 2.45) is 5.92 Å². The summed E-state index contributed by atoms with van der Waals surface area (Å²) in [6, 6.07) is 5.76. The van der Waals surface area contributed by atoms with Crippen LogP contribution in [-0.2, 0) is 0 Å². The van der Waals surface area contributed by atoms with Crippen LogP contribution in [0.2, 0.25) is 0 Å². The molecule has 0 aromatic heterocycles. The molecule has 4 nitrogen and oxygen atoms in total. The Hall–Kier alpha value is -1.07. The number of carbonyl (C=O) groups is 1. The van der Waals surface area contributed by atoms with Gasteiger partial charge in [0.1, 0.15) is 0 Å². The Morgan fingerprint density at radius 2 is 2.37 bits per heavy atom. The molecule has 19 heavy (non-hydrogen) atoms. The van der Waals surface area contributed by atoms with Crippen LogP contribution in [0.15, 0.2) is 22.7 Å². The summed E-state index contributed by atoms with van der Waals surface area (Å²) in [5.41, 5.74) is 1.89. The summed E-state index contributed by atoms with van der Waals surface area (Å²) in [4.78, 5) is 14.0. The number of piperidine rings is 1. The van der Waals surface area contributed by atoms with E-state index < -0.39 is 0 Å². The molecular formula is C14H19BrN2O2. The van der Waals surface area contributed by atoms with E-state index in [4.69, 9.17) is 0 Å². The molecule has 0 spiro atoms. The minimum atomic E-state index is -0.0931. The van der Waals surface area contributed by atoms with Gasteiger partial charge in [-0.05, 0) is 59.3 Å². The van der Waals surface area contributed by atoms with E-state index in [1.54, 1.807) is 4.90 Å². The highest BCUT2D eigenvalue weighted by Crippen LogP contribution is 2.24. The van der Waals surface area contributed by atoms with Gasteiger partial charge in [-0.15, -0.1) is 0 Å². The summed E-state index contributed by atoms with van der Waals surface area (Å²) in [5.74, 6) is 0.209. The lowest BCUT2D eigenvalue weighted by Crippen LogP contribution is -2.43. The van der Waals surface area contributed by atoms with E-state index in [1.807, 2.05) is 25.1 Å². The van der Waals surface area contributed by atoms with Crippen molar-refractivity contribution in [1.29, 1.82) is 0 Å². The van der Waals surface area contributed by atoms with Gasteiger partial charge in [0.25, 0.3) is 0 Å². The van der Waals surface area contributed by atoms with Crippen molar-refractivity contribution in [1.82, 2.24) is 4.90 Å². The molecule has 1 heterocycles. The molecule has 1 aliphatic rings. The van der Waals surface area contributed by atoms with Crippen LogP contribution in [0.3, 0.4) is 0 Å². The van der Waals surface area contributed by atoms with Crippen LogP contribution in [0, 0.1) is 12.8 Å². The summed E-state index contributed by atoms with van der Waals surface area (Å²) in [7, 11) is 0. The van der Waals surface area contributed by atoms with Crippen LogP contribution in [-0.4, -0.2) is 35.7 Å². The number of amides is 2. The average molecular weight is 327 g/mol. The first-order valence-corrected chi connectivity index (χ1v) is 7.32. The molecule has 1 saturated heterocycles. The van der Waals surface area contributed by atoms with Crippen molar-refractivity contribution < 1.29 is 9.90 Å². The van der Waals surface area contributed by atoms with Crippen molar-refractivity contribution >= 4 is 27.6 Å². The molecule has 1 atom stereocenters. The van der Waals surface area contributed by atoms with Gasteiger partial charge in [0, 0.05) is 24.2 Å². The maximum atomic E-state index is 12.2. The van der Waals surface area contributed by atoms with Crippen molar-refractivity contribution in [3.8, 4) is 0 Å². The van der Waals surface area contributed by atoms with Crippen LogP contribution < -0.4 is 5.32 Å². The number of hydrogen-bond acceptors (Lipinski definition) is 2. The molecular weight excluding hydrogens is 308 g/mol. The maximum absolute atomic E-state index is 12.2. The second kappa shape index (κ2) is 6.39. The van der Waals surface area contributed by atoms with Gasteiger partial charge in [0.2, 0.25) is 0 Å². The number of benzene rings is 1. The topological polar surface area (TPSA) is 52.6 Å². The molecule has 1 aliphatic heterocycles. The van der Waals surface area contributed by atoms with Gasteiger partial charge < -0.3 is 15.3 Å². The van der Waals surface area contributed by atoms with E-state index in [2.05, 4.69) is 21.2 Å². The second-order valence-electron chi connectivity index (χ2n) is 5.05. The van der Waals surface area contributed by atoms with Gasteiger partial charge >= 0.3 is 6.03 Å². The number of carbonyl (C=O) groups excluding carboxylic acids is 1. The molecule has 1 fully saturated rings. The van der Waals surface area contributed by atoms with E-state index in [9.17, 15) is 9.90 Å². The number of rotatable bonds is 2. The zero-order valence-electron chi connectivity index (χ0n) is 11.0. The van der Waals surface area contributed by atoms with Gasteiger partial charge in [0.05, 0.1) is 5.69 Å². The largest absolute Gasteiger partial charge is 0.396 e. The lowest BCUT2D eigenvalue weighted by atomic mass is 9.99. The number of nitrogens with one attached hydrogen (secondary N) is 1. The van der Waals surface area contributed by atoms with Crippen LogP contribution in [0.5, 0.6) is 0 Å². The fourth-order valence-electron chi connectivity index (χ4n) is 2.33. The van der Waals surface area contributed by atoms with E-state index in [0.29, 0.717) is 6.54 Å². The minimum Gasteiger partial charge on any atom is -0.396 e. The Kier molecular flexibility index (Phi) is 4.82. The fraction of sp³-hybridized carbons (Fsp3) is 0.500. The van der Waals surface area contributed by atoms with Gasteiger partial charge in [-0.3, -0.25) is 0 Å². The highest BCUT2D eigenvalue weighted by molar-refractivity contribution is 9.10. The van der Waals surface area contributed by atoms with E-state index in [1.165, 1.54) is 0 Å².